The third kappa shape index (κ3) is 10.3. The van der Waals surface area contributed by atoms with Crippen molar-refractivity contribution in [2.75, 3.05) is 19.6 Å². The lowest BCUT2D eigenvalue weighted by atomic mass is 9.93. The predicted molar refractivity (Wildman–Crippen MR) is 72.3 cm³/mol. The molecule has 1 atom stereocenters. The molecule has 3 heteroatoms. The quantitative estimate of drug-likeness (QED) is 0.804. The summed E-state index contributed by atoms with van der Waals surface area (Å²) in [7, 11) is 0. The molecule has 1 unspecified atom stereocenters. The number of hydrogen-bond acceptors (Lipinski definition) is 2. The molecule has 1 saturated heterocycles. The van der Waals surface area contributed by atoms with Gasteiger partial charge in [0.2, 0.25) is 0 Å². The van der Waals surface area contributed by atoms with Crippen molar-refractivity contribution in [1.82, 2.24) is 4.90 Å². The standard InChI is InChI=1S/C12H25N.C2H4O2/c1-3-5-9-13-10-6-8-12(11-13)7-4-2;1-2(3)4/h12H,3-11H2,1-2H3;1H3,(H,3,4). The van der Waals surface area contributed by atoms with E-state index in [9.17, 15) is 0 Å². The van der Waals surface area contributed by atoms with Crippen molar-refractivity contribution in [2.45, 2.75) is 59.3 Å². The minimum atomic E-state index is -0.833. The van der Waals surface area contributed by atoms with Crippen LogP contribution in [0.4, 0.5) is 0 Å². The van der Waals surface area contributed by atoms with E-state index in [1.165, 1.54) is 58.2 Å². The van der Waals surface area contributed by atoms with Crippen LogP contribution in [-0.4, -0.2) is 35.6 Å². The van der Waals surface area contributed by atoms with E-state index in [1.807, 2.05) is 0 Å². The molecule has 1 aliphatic heterocycles. The molecule has 1 aliphatic rings. The molecule has 0 bridgehead atoms. The van der Waals surface area contributed by atoms with Crippen LogP contribution in [0, 0.1) is 5.92 Å². The van der Waals surface area contributed by atoms with E-state index in [4.69, 9.17) is 9.90 Å². The summed E-state index contributed by atoms with van der Waals surface area (Å²) in [5.41, 5.74) is 0. The molecular weight excluding hydrogens is 214 g/mol. The lowest BCUT2D eigenvalue weighted by molar-refractivity contribution is -0.134. The average molecular weight is 243 g/mol. The zero-order valence-electron chi connectivity index (χ0n) is 11.7. The van der Waals surface area contributed by atoms with E-state index in [2.05, 4.69) is 18.7 Å². The molecule has 1 rings (SSSR count). The van der Waals surface area contributed by atoms with E-state index < -0.39 is 5.97 Å². The number of aliphatic carboxylic acids is 1. The molecule has 102 valence electrons. The third-order valence-electron chi connectivity index (χ3n) is 3.13. The Morgan fingerprint density at radius 2 is 2.00 bits per heavy atom. The second-order valence-corrected chi connectivity index (χ2v) is 4.97. The van der Waals surface area contributed by atoms with Gasteiger partial charge in [-0.15, -0.1) is 0 Å². The molecule has 1 N–H and O–H groups in total. The number of likely N-dealkylation sites (tertiary alicyclic amines) is 1. The van der Waals surface area contributed by atoms with Gasteiger partial charge in [-0.05, 0) is 44.7 Å². The molecule has 0 spiro atoms. The van der Waals surface area contributed by atoms with Gasteiger partial charge >= 0.3 is 0 Å². The fourth-order valence-electron chi connectivity index (χ4n) is 2.38. The first-order chi connectivity index (χ1) is 8.10. The second kappa shape index (κ2) is 10.6. The monoisotopic (exact) mass is 243 g/mol. The van der Waals surface area contributed by atoms with Crippen molar-refractivity contribution in [2.24, 2.45) is 5.92 Å². The van der Waals surface area contributed by atoms with E-state index in [0.29, 0.717) is 0 Å². The van der Waals surface area contributed by atoms with Crippen LogP contribution in [0.15, 0.2) is 0 Å². The van der Waals surface area contributed by atoms with Gasteiger partial charge in [-0.25, -0.2) is 0 Å². The van der Waals surface area contributed by atoms with Gasteiger partial charge < -0.3 is 10.0 Å². The van der Waals surface area contributed by atoms with Crippen molar-refractivity contribution < 1.29 is 9.90 Å². The summed E-state index contributed by atoms with van der Waals surface area (Å²) in [6.07, 6.45) is 8.47. The highest BCUT2D eigenvalue weighted by atomic mass is 16.4. The van der Waals surface area contributed by atoms with Gasteiger partial charge in [0.05, 0.1) is 0 Å². The normalized spacial score (nSPS) is 20.5. The van der Waals surface area contributed by atoms with E-state index in [1.54, 1.807) is 0 Å². The number of hydrogen-bond donors (Lipinski definition) is 1. The van der Waals surface area contributed by atoms with Gasteiger partial charge in [0.1, 0.15) is 0 Å². The van der Waals surface area contributed by atoms with Crippen LogP contribution in [0.2, 0.25) is 0 Å². The zero-order valence-corrected chi connectivity index (χ0v) is 11.7. The highest BCUT2D eigenvalue weighted by Gasteiger charge is 2.17. The predicted octanol–water partition coefficient (Wildman–Crippen LogP) is 3.39. The fraction of sp³-hybridized carbons (Fsp3) is 0.929. The number of piperidine rings is 1. The molecule has 0 aliphatic carbocycles. The summed E-state index contributed by atoms with van der Waals surface area (Å²) in [6, 6.07) is 0. The molecule has 3 nitrogen and oxygen atoms in total. The number of carbonyl (C=O) groups is 1. The Morgan fingerprint density at radius 1 is 1.35 bits per heavy atom. The third-order valence-corrected chi connectivity index (χ3v) is 3.13. The molecular formula is C14H29NO2. The first kappa shape index (κ1) is 16.4. The maximum atomic E-state index is 9.00. The first-order valence-electron chi connectivity index (χ1n) is 7.02. The lowest BCUT2D eigenvalue weighted by Gasteiger charge is -2.32. The van der Waals surface area contributed by atoms with Crippen LogP contribution in [0.1, 0.15) is 59.3 Å². The number of carboxylic acids is 1. The largest absolute Gasteiger partial charge is 0.481 e. The lowest BCUT2D eigenvalue weighted by Crippen LogP contribution is -2.35. The smallest absolute Gasteiger partial charge is 0.300 e. The van der Waals surface area contributed by atoms with Crippen molar-refractivity contribution in [3.8, 4) is 0 Å². The van der Waals surface area contributed by atoms with Gasteiger partial charge in [-0.2, -0.15) is 0 Å². The summed E-state index contributed by atoms with van der Waals surface area (Å²) in [5, 5.41) is 7.42. The topological polar surface area (TPSA) is 40.5 Å². The Balaban J connectivity index is 0.000000557. The summed E-state index contributed by atoms with van der Waals surface area (Å²) >= 11 is 0. The summed E-state index contributed by atoms with van der Waals surface area (Å²) in [4.78, 5) is 11.7. The van der Waals surface area contributed by atoms with Crippen LogP contribution in [0.5, 0.6) is 0 Å². The Labute approximate surface area is 106 Å². The Morgan fingerprint density at radius 3 is 2.53 bits per heavy atom. The maximum Gasteiger partial charge on any atom is 0.300 e. The SMILES string of the molecule is CC(=O)O.CCCCN1CCCC(CCC)C1. The van der Waals surface area contributed by atoms with Gasteiger partial charge in [0.15, 0.2) is 0 Å². The van der Waals surface area contributed by atoms with Gasteiger partial charge in [-0.1, -0.05) is 26.7 Å². The van der Waals surface area contributed by atoms with Crippen molar-refractivity contribution in [3.63, 3.8) is 0 Å². The first-order valence-corrected chi connectivity index (χ1v) is 7.02. The highest BCUT2D eigenvalue weighted by molar-refractivity contribution is 5.62. The summed E-state index contributed by atoms with van der Waals surface area (Å²) < 4.78 is 0. The Kier molecular flexibility index (Phi) is 10.2. The van der Waals surface area contributed by atoms with Crippen molar-refractivity contribution in [3.05, 3.63) is 0 Å². The van der Waals surface area contributed by atoms with E-state index >= 15 is 0 Å². The average Bonchev–Trinajstić information content (AvgIpc) is 2.27. The van der Waals surface area contributed by atoms with Crippen LogP contribution in [0.25, 0.3) is 0 Å². The van der Waals surface area contributed by atoms with Gasteiger partial charge in [0, 0.05) is 13.5 Å². The number of nitrogens with zero attached hydrogens (tertiary/aromatic N) is 1. The molecule has 0 radical (unpaired) electrons. The number of rotatable bonds is 5. The molecule has 1 heterocycles. The molecule has 0 aromatic rings. The Hall–Kier alpha value is -0.570. The Bertz CT molecular complexity index is 189. The summed E-state index contributed by atoms with van der Waals surface area (Å²) in [6.45, 7) is 9.77. The van der Waals surface area contributed by atoms with Crippen molar-refractivity contribution in [1.29, 1.82) is 0 Å². The van der Waals surface area contributed by atoms with Gasteiger partial charge in [0.25, 0.3) is 5.97 Å². The molecule has 1 fully saturated rings. The molecule has 0 aromatic carbocycles. The number of carboxylic acid groups (broad SMARTS) is 1. The molecule has 0 aromatic heterocycles. The van der Waals surface area contributed by atoms with E-state index in [0.717, 1.165) is 12.8 Å². The minimum absolute atomic E-state index is 0.833. The molecule has 0 saturated carbocycles. The fourth-order valence-corrected chi connectivity index (χ4v) is 2.38. The van der Waals surface area contributed by atoms with Crippen LogP contribution in [-0.2, 0) is 4.79 Å². The zero-order chi connectivity index (χ0) is 13.1. The van der Waals surface area contributed by atoms with Crippen LogP contribution < -0.4 is 0 Å². The highest BCUT2D eigenvalue weighted by Crippen LogP contribution is 2.20. The maximum absolute atomic E-state index is 9.00. The van der Waals surface area contributed by atoms with Gasteiger partial charge in [-0.3, -0.25) is 4.79 Å². The number of unbranched alkanes of at least 4 members (excludes halogenated alkanes) is 1. The summed E-state index contributed by atoms with van der Waals surface area (Å²) in [5.74, 6) is 0.176. The molecule has 0 amide bonds. The second-order valence-electron chi connectivity index (χ2n) is 4.97. The molecule has 17 heavy (non-hydrogen) atoms. The van der Waals surface area contributed by atoms with Crippen LogP contribution in [0.3, 0.4) is 0 Å². The van der Waals surface area contributed by atoms with E-state index in [-0.39, 0.29) is 0 Å². The van der Waals surface area contributed by atoms with Crippen LogP contribution >= 0.6 is 0 Å². The van der Waals surface area contributed by atoms with Crippen molar-refractivity contribution >= 4 is 5.97 Å². The minimum Gasteiger partial charge on any atom is -0.481 e.